The van der Waals surface area contributed by atoms with Crippen LogP contribution in [-0.4, -0.2) is 104 Å². The Labute approximate surface area is 762 Å². The highest BCUT2D eigenvalue weighted by Crippen LogP contribution is 2.66. The molecule has 2 unspecified atom stereocenters. The Balaban J connectivity index is 0.000000163. The summed E-state index contributed by atoms with van der Waals surface area (Å²) in [5.74, 6) is 0.150. The van der Waals surface area contributed by atoms with E-state index in [9.17, 15) is 38.6 Å². The number of para-hydroxylation sites is 2. The number of benzene rings is 9. The van der Waals surface area contributed by atoms with E-state index >= 15 is 4.57 Å². The van der Waals surface area contributed by atoms with E-state index in [1.165, 1.54) is 12.4 Å². The Morgan fingerprint density at radius 1 is 0.489 bits per heavy atom. The number of aromatic nitrogens is 6. The zero-order valence-electron chi connectivity index (χ0n) is 73.4. The van der Waals surface area contributed by atoms with Crippen molar-refractivity contribution in [1.29, 1.82) is 0 Å². The maximum atomic E-state index is 15.7. The number of ether oxygens (including phenoxy) is 3. The van der Waals surface area contributed by atoms with E-state index in [1.807, 2.05) is 217 Å². The largest absolute Gasteiger partial charge is 0.469 e. The van der Waals surface area contributed by atoms with Gasteiger partial charge in [-0.15, -0.1) is 0 Å². The average molecular weight is 1820 g/mol. The van der Waals surface area contributed by atoms with Crippen LogP contribution < -0.4 is 41.4 Å². The van der Waals surface area contributed by atoms with E-state index in [0.717, 1.165) is 82.3 Å². The number of anilines is 2. The summed E-state index contributed by atoms with van der Waals surface area (Å²) in [5, 5.41) is 31.6. The summed E-state index contributed by atoms with van der Waals surface area (Å²) in [4.78, 5) is 97.5. The number of carbonyl (C=O) groups is 4. The van der Waals surface area contributed by atoms with Crippen LogP contribution in [0.4, 0.5) is 11.4 Å². The molecule has 23 rings (SSSR count). The fraction of sp³-hybridized carbons (Fsp3) is 0.267. The lowest BCUT2D eigenvalue weighted by Gasteiger charge is -2.29. The third kappa shape index (κ3) is 13.9. The smallest absolute Gasteiger partial charge is 0.440 e. The van der Waals surface area contributed by atoms with E-state index in [2.05, 4.69) is 44.0 Å². The molecule has 32 heteroatoms. The predicted octanol–water partition coefficient (Wildman–Crippen LogP) is 17.1. The molecule has 8 aliphatic rings. The van der Waals surface area contributed by atoms with Crippen molar-refractivity contribution in [3.63, 3.8) is 0 Å². The van der Waals surface area contributed by atoms with Gasteiger partial charge in [-0.1, -0.05) is 231 Å². The van der Waals surface area contributed by atoms with Gasteiger partial charge < -0.3 is 78.7 Å². The van der Waals surface area contributed by atoms with Gasteiger partial charge in [-0.05, 0) is 86.9 Å². The minimum atomic E-state index is -4.82. The van der Waals surface area contributed by atoms with Crippen LogP contribution in [0.3, 0.4) is 0 Å². The van der Waals surface area contributed by atoms with Crippen LogP contribution in [0.15, 0.2) is 243 Å². The Kier molecular flexibility index (Phi) is 20.6. The number of hydrogen-bond donors (Lipinski definition) is 9. The van der Waals surface area contributed by atoms with E-state index in [0.29, 0.717) is 73.1 Å². The first kappa shape index (κ1) is 84.7. The van der Waals surface area contributed by atoms with Gasteiger partial charge in [-0.25, -0.2) is 29.1 Å². The molecule has 2 spiro atoms. The fourth-order valence-electron chi connectivity index (χ4n) is 20.1. The molecule has 8 aliphatic heterocycles. The Morgan fingerprint density at radius 3 is 1.36 bits per heavy atom. The Hall–Kier alpha value is -13.8. The molecule has 15 aromatic rings. The van der Waals surface area contributed by atoms with Gasteiger partial charge in [-0.2, -0.15) is 0 Å². The predicted molar refractivity (Wildman–Crippen MR) is 492 cm³/mol. The zero-order chi connectivity index (χ0) is 91.6. The summed E-state index contributed by atoms with van der Waals surface area (Å²) < 4.78 is 91.7. The lowest BCUT2D eigenvalue weighted by molar-refractivity contribution is -0.140. The van der Waals surface area contributed by atoms with Crippen LogP contribution >= 0.6 is 15.5 Å². The average Bonchev–Trinajstić information content (AvgIpc) is 1.51. The number of carbonyl (C=O) groups excluding carboxylic acids is 4. The quantitative estimate of drug-likeness (QED) is 0.0340. The van der Waals surface area contributed by atoms with Crippen LogP contribution in [-0.2, 0) is 85.6 Å². The summed E-state index contributed by atoms with van der Waals surface area (Å²) in [5.41, 5.74) is 11.8. The highest BCUT2D eigenvalue weighted by molar-refractivity contribution is 7.52. The molecule has 0 saturated carbocycles. The molecule has 0 aliphatic carbocycles. The van der Waals surface area contributed by atoms with Crippen molar-refractivity contribution in [1.82, 2.24) is 49.9 Å². The third-order valence-corrected chi connectivity index (χ3v) is 29.2. The molecule has 0 saturated heterocycles. The topological polar surface area (TPSA) is 395 Å². The molecule has 133 heavy (non-hydrogen) atoms. The highest BCUT2D eigenvalue weighted by atomic mass is 31.2. The highest BCUT2D eigenvalue weighted by Gasteiger charge is 2.64. The van der Waals surface area contributed by atoms with Crippen LogP contribution in [0.1, 0.15) is 141 Å². The van der Waals surface area contributed by atoms with Crippen LogP contribution in [0, 0.1) is 23.7 Å². The van der Waals surface area contributed by atoms with Gasteiger partial charge in [0.05, 0.1) is 43.2 Å². The van der Waals surface area contributed by atoms with Gasteiger partial charge in [-0.3, -0.25) is 36.9 Å². The molecule has 9 aromatic carbocycles. The first-order valence-electron chi connectivity index (χ1n) is 44.5. The van der Waals surface area contributed by atoms with E-state index < -0.39 is 98.8 Å². The van der Waals surface area contributed by atoms with E-state index in [4.69, 9.17) is 60.9 Å². The SMILES string of the molecule is CC(C)[C@H](O)C(=O)N[C@H]1Cc2ccc3c(c2)[C@]24c5cccc(c5NC2O3)-c2cccc3c2c(cn3P(=O)(O)O)-c2cnc(o2)-c2nc(oc24)[C@H](C(C)C)NC1=O.CC(C)[C@H](OCc1ccccc1)C(=O)N[C@H]1Cc2ccc3c(c2)[C@]24c5cccc(c5NC2O3)-c2cccc3c2c(cn3P(=O)(OCc2ccccc2)OCc2ccccc2)-c2cnc(o2)-c2nc(oc24)[C@H](C(C)C)NC1=O. The maximum Gasteiger partial charge on any atom is 0.440 e. The van der Waals surface area contributed by atoms with Crippen molar-refractivity contribution in [3.8, 4) is 79.6 Å². The molecule has 0 radical (unpaired) electrons. The van der Waals surface area contributed by atoms with E-state index in [1.54, 1.807) is 42.7 Å². The molecular formula is C101H92N12O18P2. The van der Waals surface area contributed by atoms with Crippen molar-refractivity contribution in [2.45, 2.75) is 148 Å². The number of nitrogens with zero attached hydrogens (tertiary/aromatic N) is 6. The molecule has 20 bridgehead atoms. The summed E-state index contributed by atoms with van der Waals surface area (Å²) >= 11 is 0. The van der Waals surface area contributed by atoms with Gasteiger partial charge in [0.2, 0.25) is 47.2 Å². The van der Waals surface area contributed by atoms with Crippen molar-refractivity contribution in [3.05, 3.63) is 298 Å². The molecule has 4 amide bonds. The fourth-order valence-corrected chi connectivity index (χ4v) is 22.4. The summed E-state index contributed by atoms with van der Waals surface area (Å²) in [6.07, 6.45) is 2.83. The molecule has 30 nitrogen and oxygen atoms in total. The van der Waals surface area contributed by atoms with Crippen molar-refractivity contribution < 1.29 is 84.1 Å². The second-order valence-corrected chi connectivity index (χ2v) is 39.7. The molecule has 674 valence electrons. The van der Waals surface area contributed by atoms with Crippen molar-refractivity contribution >= 4 is 72.3 Å². The second kappa shape index (κ2) is 32.3. The van der Waals surface area contributed by atoms with Gasteiger partial charge in [0.25, 0.3) is 0 Å². The molecular weight excluding hydrogens is 1730 g/mol. The lowest BCUT2D eigenvalue weighted by Crippen LogP contribution is -2.53. The number of fused-ring (bicyclic) bond motifs is 14. The van der Waals surface area contributed by atoms with Gasteiger partial charge in [0, 0.05) is 91.9 Å². The number of hydrogen-bond acceptors (Lipinski definition) is 22. The summed E-state index contributed by atoms with van der Waals surface area (Å²) in [6, 6.07) is 59.9. The number of rotatable bonds is 19. The maximum absolute atomic E-state index is 15.7. The first-order valence-corrected chi connectivity index (χ1v) is 47.5. The first-order chi connectivity index (χ1) is 64.2. The second-order valence-electron chi connectivity index (χ2n) is 36.4. The lowest BCUT2D eigenvalue weighted by atomic mass is 9.72. The molecule has 10 atom stereocenters. The minimum Gasteiger partial charge on any atom is -0.469 e. The van der Waals surface area contributed by atoms with Gasteiger partial charge in [0.15, 0.2) is 46.9 Å². The van der Waals surface area contributed by atoms with Crippen molar-refractivity contribution in [2.24, 2.45) is 23.7 Å². The molecule has 9 N–H and O–H groups in total. The minimum absolute atomic E-state index is 0.0178. The Morgan fingerprint density at radius 2 is 0.917 bits per heavy atom. The number of aliphatic hydroxyl groups is 1. The Bertz CT molecular complexity index is 7290. The number of nitrogens with one attached hydrogen (secondary N) is 6. The normalized spacial score (nSPS) is 20.4. The van der Waals surface area contributed by atoms with Crippen LogP contribution in [0.2, 0.25) is 0 Å². The summed E-state index contributed by atoms with van der Waals surface area (Å²) in [6.45, 7) is 15.3. The number of oxazole rings is 4. The molecule has 0 fully saturated rings. The number of aliphatic hydroxyl groups excluding tert-OH is 1. The number of amides is 4. The summed E-state index contributed by atoms with van der Waals surface area (Å²) in [7, 11) is -9.03. The van der Waals surface area contributed by atoms with Gasteiger partial charge in [0.1, 0.15) is 58.7 Å². The van der Waals surface area contributed by atoms with E-state index in [-0.39, 0.29) is 91.4 Å². The molecule has 14 heterocycles. The van der Waals surface area contributed by atoms with Gasteiger partial charge >= 0.3 is 15.5 Å². The third-order valence-electron chi connectivity index (χ3n) is 26.6. The van der Waals surface area contributed by atoms with Crippen LogP contribution in [0.5, 0.6) is 11.5 Å². The monoisotopic (exact) mass is 1820 g/mol. The van der Waals surface area contributed by atoms with Crippen molar-refractivity contribution in [2.75, 3.05) is 10.6 Å². The van der Waals surface area contributed by atoms with Crippen LogP contribution in [0.25, 0.3) is 89.9 Å². The zero-order valence-corrected chi connectivity index (χ0v) is 75.2. The standard InChI is InChI=1S/C61H55N6O9P.C40H37N6O9P/c1-35(2)51-59-65-53-55(76-59)61-44-24-14-23-42(52(44)66-60(61)75-48-27-26-40(28-45(48)61)29-46(56(68)64-51)63-57(69)54(36(3)4)71-32-37-16-8-5-9-17-37)41-22-15-25-47-50(41)43(49-30-62-58(53)74-49)31-67(47)77(70,72-33-38-18-10-6-11-19-38)73-34-39-20-12-7-13-21-39;1-17(2)30-38-44-32-34(55-38)40-23-9-5-8-21(20-7-6-10-26-29(20)22(16-46(26)56(50,51)52)28-15-41-37(32)53-28)31(23)45-39(40)54-27-12-11-19(13-24(27)40)14-25(35(48)43-30)42-36(49)33(47)18(3)4/h5-28,30-31,35-36,46,51,54,60,66H,29,32-34H2,1-4H3,(H,63,69)(H,64,68);5-13,15-18,25,30,33,39,45,47H,14H2,1-4H3,(H,42,49)(H,43,48)(H2,50,51,52)/t46-,51-,54-,60?,61-;25-,30-,33-,39?,40-/m00/s1. The molecule has 6 aromatic heterocycles.